The molecule has 3 heterocycles. The molecular formula is C33H32N2O8S. The Labute approximate surface area is 258 Å². The predicted molar refractivity (Wildman–Crippen MR) is 166 cm³/mol. The highest BCUT2D eigenvalue weighted by Gasteiger charge is 2.48. The molecule has 10 nitrogen and oxygen atoms in total. The summed E-state index contributed by atoms with van der Waals surface area (Å²) in [7, 11) is 0. The highest BCUT2D eigenvalue weighted by Crippen LogP contribution is 2.46. The van der Waals surface area contributed by atoms with Crippen LogP contribution < -0.4 is 28.6 Å². The Kier molecular flexibility index (Phi) is 8.30. The van der Waals surface area contributed by atoms with Crippen molar-refractivity contribution in [3.63, 3.8) is 0 Å². The Balaban J connectivity index is 1.52. The van der Waals surface area contributed by atoms with Gasteiger partial charge in [-0.15, -0.1) is 0 Å². The summed E-state index contributed by atoms with van der Waals surface area (Å²) in [6.07, 6.45) is 0.811. The van der Waals surface area contributed by atoms with Crippen molar-refractivity contribution in [2.75, 3.05) is 37.9 Å². The van der Waals surface area contributed by atoms with Crippen molar-refractivity contribution in [2.24, 2.45) is 0 Å². The molecular weight excluding hydrogens is 584 g/mol. The summed E-state index contributed by atoms with van der Waals surface area (Å²) in [6.45, 7) is 7.93. The lowest BCUT2D eigenvalue weighted by Crippen LogP contribution is -2.29. The third-order valence-corrected chi connectivity index (χ3v) is 8.19. The van der Waals surface area contributed by atoms with Crippen LogP contribution in [-0.2, 0) is 9.59 Å². The molecule has 6 rings (SSSR count). The maximum atomic E-state index is 13.8. The van der Waals surface area contributed by atoms with Gasteiger partial charge in [-0.25, -0.2) is 4.98 Å². The first-order valence-corrected chi connectivity index (χ1v) is 15.4. The number of hydrogen-bond acceptors (Lipinski definition) is 10. The number of thiazole rings is 1. The second-order valence-electron chi connectivity index (χ2n) is 10.1. The zero-order valence-corrected chi connectivity index (χ0v) is 25.4. The molecule has 2 aliphatic rings. The lowest BCUT2D eigenvalue weighted by Gasteiger charge is -2.24. The van der Waals surface area contributed by atoms with Crippen molar-refractivity contribution < 1.29 is 38.4 Å². The third kappa shape index (κ3) is 5.39. The SMILES string of the molecule is CCCOc1ccc([C@H]2C(=C(O)c3ccc4c(c3)OCCO4)C(=O)C(=O)N2c2nc3ccc(OCC)cc3s2)cc1OCC. The fourth-order valence-electron chi connectivity index (χ4n) is 5.24. The molecule has 0 radical (unpaired) electrons. The van der Waals surface area contributed by atoms with Gasteiger partial charge in [0.1, 0.15) is 24.7 Å². The number of benzene rings is 3. The molecule has 0 spiro atoms. The quantitative estimate of drug-likeness (QED) is 0.125. The number of Topliss-reactive ketones (excluding diaryl/α,β-unsaturated/α-hetero) is 1. The number of carbonyl (C=O) groups excluding carboxylic acids is 2. The number of fused-ring (bicyclic) bond motifs is 2. The molecule has 0 bridgehead atoms. The highest BCUT2D eigenvalue weighted by molar-refractivity contribution is 7.22. The summed E-state index contributed by atoms with van der Waals surface area (Å²) in [6, 6.07) is 14.7. The van der Waals surface area contributed by atoms with Crippen LogP contribution >= 0.6 is 11.3 Å². The number of ether oxygens (including phenoxy) is 5. The van der Waals surface area contributed by atoms with Crippen molar-refractivity contribution in [3.05, 3.63) is 71.3 Å². The van der Waals surface area contributed by atoms with Crippen LogP contribution in [0.1, 0.15) is 44.4 Å². The summed E-state index contributed by atoms with van der Waals surface area (Å²) in [5.41, 5.74) is 1.44. The van der Waals surface area contributed by atoms with E-state index in [9.17, 15) is 14.7 Å². The average molecular weight is 617 g/mol. The Hall–Kier alpha value is -4.77. The number of carbonyl (C=O) groups is 2. The Morgan fingerprint density at radius 1 is 0.932 bits per heavy atom. The standard InChI is InChI=1S/C33H32N2O8S/c1-4-13-41-23-11-7-19(16-25(23)40-6-3)29-28(30(36)20-8-12-24-26(17-20)43-15-14-42-24)31(37)32(38)35(29)33-34-22-10-9-21(39-5-2)18-27(22)44-33/h7-12,16-18,29,36H,4-6,13-15H2,1-3H3/t29-/m0/s1. The van der Waals surface area contributed by atoms with Crippen LogP contribution in [0.5, 0.6) is 28.7 Å². The number of aliphatic hydroxyl groups is 1. The predicted octanol–water partition coefficient (Wildman–Crippen LogP) is 6.28. The molecule has 2 aliphatic heterocycles. The van der Waals surface area contributed by atoms with Gasteiger partial charge < -0.3 is 28.8 Å². The number of aromatic nitrogens is 1. The van der Waals surface area contributed by atoms with E-state index >= 15 is 0 Å². The normalized spacial score (nSPS) is 17.2. The zero-order chi connectivity index (χ0) is 30.8. The fourth-order valence-corrected chi connectivity index (χ4v) is 6.26. The third-order valence-electron chi connectivity index (χ3n) is 7.17. The minimum Gasteiger partial charge on any atom is -0.507 e. The lowest BCUT2D eigenvalue weighted by molar-refractivity contribution is -0.132. The smallest absolute Gasteiger partial charge is 0.301 e. The van der Waals surface area contributed by atoms with Crippen LogP contribution in [0.3, 0.4) is 0 Å². The second-order valence-corrected chi connectivity index (χ2v) is 11.1. The summed E-state index contributed by atoms with van der Waals surface area (Å²) in [5, 5.41) is 12.0. The molecule has 1 fully saturated rings. The number of ketones is 1. The van der Waals surface area contributed by atoms with Crippen molar-refractivity contribution in [2.45, 2.75) is 33.2 Å². The highest BCUT2D eigenvalue weighted by atomic mass is 32.1. The van der Waals surface area contributed by atoms with Gasteiger partial charge in [-0.3, -0.25) is 14.5 Å². The molecule has 44 heavy (non-hydrogen) atoms. The van der Waals surface area contributed by atoms with Gasteiger partial charge in [0, 0.05) is 5.56 Å². The van der Waals surface area contributed by atoms with E-state index in [4.69, 9.17) is 28.7 Å². The van der Waals surface area contributed by atoms with Crippen LogP contribution in [0, 0.1) is 0 Å². The minimum atomic E-state index is -1.01. The molecule has 0 unspecified atom stereocenters. The van der Waals surface area contributed by atoms with Crippen molar-refractivity contribution >= 4 is 44.1 Å². The van der Waals surface area contributed by atoms with Crippen molar-refractivity contribution in [1.29, 1.82) is 0 Å². The van der Waals surface area contributed by atoms with E-state index in [2.05, 4.69) is 0 Å². The summed E-state index contributed by atoms with van der Waals surface area (Å²) in [5.74, 6) is 0.698. The number of anilines is 1. The summed E-state index contributed by atoms with van der Waals surface area (Å²) in [4.78, 5) is 33.7. The van der Waals surface area contributed by atoms with Crippen molar-refractivity contribution in [1.82, 2.24) is 4.98 Å². The fraction of sp³-hybridized carbons (Fsp3) is 0.303. The number of hydrogen-bond donors (Lipinski definition) is 1. The molecule has 3 aromatic carbocycles. The van der Waals surface area contributed by atoms with Gasteiger partial charge in [-0.2, -0.15) is 0 Å². The van der Waals surface area contributed by atoms with Gasteiger partial charge in [0.05, 0.1) is 41.7 Å². The maximum Gasteiger partial charge on any atom is 0.301 e. The number of aliphatic hydroxyl groups excluding tert-OH is 1. The molecule has 228 valence electrons. The molecule has 1 aromatic heterocycles. The van der Waals surface area contributed by atoms with Crippen LogP contribution in [0.15, 0.2) is 60.2 Å². The van der Waals surface area contributed by atoms with Crippen LogP contribution in [-0.4, -0.2) is 54.8 Å². The number of amides is 1. The topological polar surface area (TPSA) is 117 Å². The van der Waals surface area contributed by atoms with E-state index in [0.717, 1.165) is 11.1 Å². The Morgan fingerprint density at radius 2 is 1.73 bits per heavy atom. The molecule has 1 N–H and O–H groups in total. The van der Waals surface area contributed by atoms with E-state index < -0.39 is 17.7 Å². The molecule has 0 aliphatic carbocycles. The van der Waals surface area contributed by atoms with Crippen LogP contribution in [0.4, 0.5) is 5.13 Å². The number of nitrogens with zero attached hydrogens (tertiary/aromatic N) is 2. The monoisotopic (exact) mass is 616 g/mol. The van der Waals surface area contributed by atoms with Crippen LogP contribution in [0.2, 0.25) is 0 Å². The van der Waals surface area contributed by atoms with E-state index in [1.54, 1.807) is 36.4 Å². The summed E-state index contributed by atoms with van der Waals surface area (Å²) < 4.78 is 29.6. The Bertz CT molecular complexity index is 1760. The van der Waals surface area contributed by atoms with Gasteiger partial charge in [0.25, 0.3) is 5.78 Å². The van der Waals surface area contributed by atoms with E-state index in [-0.39, 0.29) is 11.3 Å². The van der Waals surface area contributed by atoms with Crippen LogP contribution in [0.25, 0.3) is 16.0 Å². The maximum absolute atomic E-state index is 13.8. The first kappa shape index (κ1) is 29.3. The van der Waals surface area contributed by atoms with Crippen molar-refractivity contribution in [3.8, 4) is 28.7 Å². The van der Waals surface area contributed by atoms with E-state index in [1.165, 1.54) is 16.2 Å². The van der Waals surface area contributed by atoms with Gasteiger partial charge in [0.2, 0.25) is 0 Å². The first-order chi connectivity index (χ1) is 21.4. The molecule has 1 amide bonds. The van der Waals surface area contributed by atoms with Gasteiger partial charge in [-0.1, -0.05) is 24.3 Å². The lowest BCUT2D eigenvalue weighted by atomic mass is 9.95. The Morgan fingerprint density at radius 3 is 2.50 bits per heavy atom. The van der Waals surface area contributed by atoms with E-state index in [0.29, 0.717) is 83.6 Å². The average Bonchev–Trinajstić information content (AvgIpc) is 3.57. The molecule has 1 saturated heterocycles. The second kappa shape index (κ2) is 12.5. The molecule has 11 heteroatoms. The first-order valence-electron chi connectivity index (χ1n) is 14.6. The zero-order valence-electron chi connectivity index (χ0n) is 24.6. The van der Waals surface area contributed by atoms with E-state index in [1.807, 2.05) is 39.0 Å². The van der Waals surface area contributed by atoms with Gasteiger partial charge in [-0.05, 0) is 74.4 Å². The van der Waals surface area contributed by atoms with Gasteiger partial charge in [0.15, 0.2) is 28.1 Å². The minimum absolute atomic E-state index is 0.0781. The summed E-state index contributed by atoms with van der Waals surface area (Å²) >= 11 is 1.26. The van der Waals surface area contributed by atoms with Gasteiger partial charge >= 0.3 is 5.91 Å². The largest absolute Gasteiger partial charge is 0.507 e. The molecule has 0 saturated carbocycles. The number of rotatable bonds is 10. The molecule has 4 aromatic rings. The molecule has 1 atom stereocenters.